The molecule has 3 aromatic carbocycles. The highest BCUT2D eigenvalue weighted by Gasteiger charge is 2.34. The van der Waals surface area contributed by atoms with E-state index in [9.17, 15) is 23.3 Å². The Balaban J connectivity index is 0.938. The highest BCUT2D eigenvalue weighted by Crippen LogP contribution is 2.44. The number of rotatable bonds is 12. The number of hydrogen-bond acceptors (Lipinski definition) is 13. The van der Waals surface area contributed by atoms with Crippen molar-refractivity contribution >= 4 is 61.2 Å². The summed E-state index contributed by atoms with van der Waals surface area (Å²) in [5, 5.41) is 17.0. The first-order valence-corrected chi connectivity index (χ1v) is 23.4. The lowest BCUT2D eigenvalue weighted by Gasteiger charge is -2.39. The molecule has 2 aromatic heterocycles. The fourth-order valence-electron chi connectivity index (χ4n) is 8.98. The maximum atomic E-state index is 14.0. The number of fused-ring (bicyclic) bond motifs is 2. The van der Waals surface area contributed by atoms with E-state index in [4.69, 9.17) is 25.8 Å². The molecular weight excluding hydrogens is 860 g/mol. The van der Waals surface area contributed by atoms with Gasteiger partial charge in [-0.3, -0.25) is 24.7 Å². The Morgan fingerprint density at radius 3 is 2.56 bits per heavy atom. The fourth-order valence-corrected chi connectivity index (χ4v) is 10.1. The number of nitro groups is 1. The molecule has 5 aromatic rings. The molecule has 1 atom stereocenters. The van der Waals surface area contributed by atoms with Gasteiger partial charge in [0.1, 0.15) is 23.8 Å². The third kappa shape index (κ3) is 9.68. The molecule has 0 unspecified atom stereocenters. The lowest BCUT2D eigenvalue weighted by atomic mass is 9.72. The summed E-state index contributed by atoms with van der Waals surface area (Å²) in [5.41, 5.74) is 5.31. The minimum atomic E-state index is -4.66. The maximum absolute atomic E-state index is 14.0. The van der Waals surface area contributed by atoms with Gasteiger partial charge in [0.25, 0.3) is 21.6 Å². The van der Waals surface area contributed by atoms with Gasteiger partial charge < -0.3 is 29.4 Å². The quantitative estimate of drug-likeness (QED) is 0.0836. The summed E-state index contributed by atoms with van der Waals surface area (Å²) in [7, 11) is -4.66. The van der Waals surface area contributed by atoms with E-state index in [2.05, 4.69) is 60.7 Å². The number of halogens is 1. The van der Waals surface area contributed by atoms with Crippen LogP contribution in [0.1, 0.15) is 49.0 Å². The Labute approximate surface area is 376 Å². The van der Waals surface area contributed by atoms with Crippen molar-refractivity contribution in [3.05, 3.63) is 111 Å². The zero-order chi connectivity index (χ0) is 44.6. The number of sulfonamides is 1. The molecular formula is C46H51ClN8O8S. The number of nitro benzene ring substituents is 1. The van der Waals surface area contributed by atoms with Gasteiger partial charge >= 0.3 is 0 Å². The predicted octanol–water partition coefficient (Wildman–Crippen LogP) is 7.33. The highest BCUT2D eigenvalue weighted by molar-refractivity contribution is 7.90. The Kier molecular flexibility index (Phi) is 12.3. The number of aromatic nitrogens is 2. The van der Waals surface area contributed by atoms with Gasteiger partial charge in [0.05, 0.1) is 40.8 Å². The molecule has 5 heterocycles. The van der Waals surface area contributed by atoms with Crippen LogP contribution in [0.3, 0.4) is 0 Å². The number of carbonyl (C=O) groups excluding carboxylic acids is 1. The number of aromatic amines is 1. The summed E-state index contributed by atoms with van der Waals surface area (Å²) in [4.78, 5) is 39.5. The molecule has 64 heavy (non-hydrogen) atoms. The summed E-state index contributed by atoms with van der Waals surface area (Å²) < 4.78 is 47.6. The average molecular weight is 911 g/mol. The van der Waals surface area contributed by atoms with Crippen molar-refractivity contribution in [2.24, 2.45) is 5.41 Å². The Morgan fingerprint density at radius 1 is 1.02 bits per heavy atom. The van der Waals surface area contributed by atoms with Crippen LogP contribution in [0.25, 0.3) is 16.6 Å². The lowest BCUT2D eigenvalue weighted by molar-refractivity contribution is -0.384. The highest BCUT2D eigenvalue weighted by atomic mass is 35.5. The lowest BCUT2D eigenvalue weighted by Crippen LogP contribution is -2.47. The molecule has 2 saturated heterocycles. The van der Waals surface area contributed by atoms with E-state index in [1.54, 1.807) is 24.4 Å². The number of carbonyl (C=O) groups is 1. The monoisotopic (exact) mass is 910 g/mol. The number of nitrogens with one attached hydrogen (secondary N) is 3. The van der Waals surface area contributed by atoms with Crippen LogP contribution in [0.5, 0.6) is 17.2 Å². The van der Waals surface area contributed by atoms with Crippen molar-refractivity contribution in [3.63, 3.8) is 0 Å². The van der Waals surface area contributed by atoms with Gasteiger partial charge in [-0.05, 0) is 72.2 Å². The number of amides is 1. The number of hydrogen-bond donors (Lipinski definition) is 3. The van der Waals surface area contributed by atoms with Crippen LogP contribution >= 0.6 is 11.6 Å². The first-order chi connectivity index (χ1) is 30.8. The molecule has 4 aliphatic rings. The second kappa shape index (κ2) is 18.0. The normalized spacial score (nSPS) is 19.4. The number of nitrogens with zero attached hydrogens (tertiary/aromatic N) is 5. The fraction of sp³-hybridized carbons (Fsp3) is 0.391. The number of anilines is 2. The van der Waals surface area contributed by atoms with E-state index in [-0.39, 0.29) is 40.8 Å². The number of allylic oxidation sites excluding steroid dienone is 1. The van der Waals surface area contributed by atoms with E-state index in [1.807, 2.05) is 18.2 Å². The van der Waals surface area contributed by atoms with Gasteiger partial charge in [-0.1, -0.05) is 43.2 Å². The zero-order valence-corrected chi connectivity index (χ0v) is 37.3. The molecule has 18 heteroatoms. The van der Waals surface area contributed by atoms with Crippen molar-refractivity contribution in [1.82, 2.24) is 24.5 Å². The van der Waals surface area contributed by atoms with E-state index < -0.39 is 31.4 Å². The van der Waals surface area contributed by atoms with Gasteiger partial charge in [0, 0.05) is 92.9 Å². The molecule has 336 valence electrons. The largest absolute Gasteiger partial charge is 0.489 e. The topological polar surface area (TPSA) is 184 Å². The van der Waals surface area contributed by atoms with E-state index in [0.717, 1.165) is 74.1 Å². The molecule has 0 bridgehead atoms. The van der Waals surface area contributed by atoms with E-state index in [1.165, 1.54) is 35.0 Å². The van der Waals surface area contributed by atoms with Crippen LogP contribution in [0.2, 0.25) is 5.02 Å². The van der Waals surface area contributed by atoms with Crippen molar-refractivity contribution in [1.29, 1.82) is 0 Å². The molecule has 0 radical (unpaired) electrons. The molecule has 3 aliphatic heterocycles. The first kappa shape index (κ1) is 43.5. The summed E-state index contributed by atoms with van der Waals surface area (Å²) in [6, 6.07) is 18.7. The number of benzene rings is 3. The van der Waals surface area contributed by atoms with Crippen LogP contribution in [0.4, 0.5) is 17.1 Å². The minimum absolute atomic E-state index is 0.00258. The summed E-state index contributed by atoms with van der Waals surface area (Å²) in [6.07, 6.45) is 6.46. The van der Waals surface area contributed by atoms with E-state index >= 15 is 0 Å². The van der Waals surface area contributed by atoms with Crippen molar-refractivity contribution in [2.45, 2.75) is 44.0 Å². The molecule has 1 aliphatic carbocycles. The molecule has 3 N–H and O–H groups in total. The first-order valence-electron chi connectivity index (χ1n) is 21.6. The molecule has 0 saturated carbocycles. The van der Waals surface area contributed by atoms with Crippen LogP contribution < -0.4 is 24.4 Å². The second-order valence-electron chi connectivity index (χ2n) is 17.6. The maximum Gasteiger partial charge on any atom is 0.297 e. The number of ether oxygens (including phenoxy) is 3. The van der Waals surface area contributed by atoms with Crippen LogP contribution in [0, 0.1) is 15.5 Å². The molecule has 9 rings (SSSR count). The Morgan fingerprint density at radius 2 is 1.80 bits per heavy atom. The minimum Gasteiger partial charge on any atom is -0.489 e. The predicted molar refractivity (Wildman–Crippen MR) is 245 cm³/mol. The molecule has 0 spiro atoms. The van der Waals surface area contributed by atoms with Gasteiger partial charge in [-0.2, -0.15) is 0 Å². The number of morpholine rings is 1. The van der Waals surface area contributed by atoms with Gasteiger partial charge in [0.15, 0.2) is 11.4 Å². The van der Waals surface area contributed by atoms with Crippen LogP contribution in [-0.2, 0) is 14.8 Å². The summed E-state index contributed by atoms with van der Waals surface area (Å²) in [5.74, 6) is -0.522. The zero-order valence-electron chi connectivity index (χ0n) is 35.8. The Hall–Kier alpha value is -5.72. The third-order valence-corrected chi connectivity index (χ3v) is 14.1. The van der Waals surface area contributed by atoms with Crippen molar-refractivity contribution in [2.75, 3.05) is 82.4 Å². The molecule has 1 amide bonds. The summed E-state index contributed by atoms with van der Waals surface area (Å²) >= 11 is 6.25. The molecule has 2 fully saturated rings. The van der Waals surface area contributed by atoms with E-state index in [0.29, 0.717) is 44.2 Å². The molecule has 16 nitrogen and oxygen atoms in total. The average Bonchev–Trinajstić information content (AvgIpc) is 3.75. The smallest absolute Gasteiger partial charge is 0.297 e. The van der Waals surface area contributed by atoms with Crippen molar-refractivity contribution < 1.29 is 32.3 Å². The van der Waals surface area contributed by atoms with Crippen LogP contribution in [-0.4, -0.2) is 117 Å². The number of H-pyrrole nitrogens is 1. The third-order valence-electron chi connectivity index (χ3n) is 12.5. The number of piperazine rings is 1. The SMILES string of the molecule is CC1(C)CCC(CN2CCN(c3ccc(C(=O)NS(=O)(=O)c4cc5c(c([N+](=O)[O-])c4)N[C@H](CN4CCOCC4)CO5)c(Oc4cnc5[nH]ccc5c4)c3)CC2)=C(c2ccc(Cl)cc2)C1. The van der Waals surface area contributed by atoms with Crippen molar-refractivity contribution in [3.8, 4) is 17.2 Å². The standard InChI is InChI=1S/C46H51ClN8O8S/c1-46(2)11-9-32(39(25-46)30-3-5-33(47)6-4-30)27-52-13-15-54(16-14-52)35-7-8-38(41(22-35)63-36-21-31-10-12-48-44(31)49-26-36)45(56)51-64(59,60)37-23-40(55(57)58)43-42(24-37)62-29-34(50-43)28-53-17-19-61-20-18-53/h3-8,10,12,21-24,26,34,50H,9,11,13-20,25,27-29H2,1-2H3,(H,48,49)(H,51,56)/t34-/m1/s1. The second-order valence-corrected chi connectivity index (χ2v) is 19.8. The Bertz CT molecular complexity index is 2710. The van der Waals surface area contributed by atoms with Gasteiger partial charge in [0.2, 0.25) is 0 Å². The number of pyridine rings is 1. The summed E-state index contributed by atoms with van der Waals surface area (Å²) in [6.45, 7) is 12.0. The van der Waals surface area contributed by atoms with Gasteiger partial charge in [-0.15, -0.1) is 0 Å². The van der Waals surface area contributed by atoms with Gasteiger partial charge in [-0.25, -0.2) is 18.1 Å². The van der Waals surface area contributed by atoms with Crippen LogP contribution in [0.15, 0.2) is 89.6 Å².